The third-order valence-corrected chi connectivity index (χ3v) is 3.64. The average molecular weight is 241 g/mol. The molecule has 4 nitrogen and oxygen atoms in total. The first-order valence-electron chi connectivity index (χ1n) is 5.17. The van der Waals surface area contributed by atoms with Gasteiger partial charge in [0.25, 0.3) is 0 Å². The molecule has 0 bridgehead atoms. The van der Waals surface area contributed by atoms with Crippen molar-refractivity contribution in [1.82, 2.24) is 5.73 Å². The summed E-state index contributed by atoms with van der Waals surface area (Å²) in [5.41, 5.74) is 8.57. The van der Waals surface area contributed by atoms with E-state index in [1.165, 1.54) is 0 Å². The van der Waals surface area contributed by atoms with Gasteiger partial charge in [0.1, 0.15) is 0 Å². The Morgan fingerprint density at radius 1 is 1.25 bits per heavy atom. The maximum atomic E-state index is 11.6. The molecule has 16 heavy (non-hydrogen) atoms. The summed E-state index contributed by atoms with van der Waals surface area (Å²) < 4.78 is 25.7. The number of hydrogen-bond donors (Lipinski definition) is 1. The van der Waals surface area contributed by atoms with Crippen LogP contribution in [0.3, 0.4) is 0 Å². The highest BCUT2D eigenvalue weighted by atomic mass is 32.2. The molecular formula is C11H17N2O2S. The molecule has 1 aromatic rings. The molecule has 0 aromatic heterocycles. The number of anilines is 1. The molecule has 1 aromatic carbocycles. The first-order valence-corrected chi connectivity index (χ1v) is 6.82. The fraction of sp³-hybridized carbons (Fsp3) is 0.455. The van der Waals surface area contributed by atoms with Crippen LogP contribution in [0.5, 0.6) is 0 Å². The number of rotatable bonds is 5. The lowest BCUT2D eigenvalue weighted by molar-refractivity contribution is 0.587. The Kier molecular flexibility index (Phi) is 4.32. The molecule has 5 heteroatoms. The van der Waals surface area contributed by atoms with Crippen LogP contribution in [0.2, 0.25) is 0 Å². The normalized spacial score (nSPS) is 11.8. The third kappa shape index (κ3) is 4.20. The molecule has 1 radical (unpaired) electrons. The fourth-order valence-electron chi connectivity index (χ4n) is 1.35. The molecule has 0 heterocycles. The summed E-state index contributed by atoms with van der Waals surface area (Å²) >= 11 is 0. The van der Waals surface area contributed by atoms with Gasteiger partial charge in [-0.3, -0.25) is 10.5 Å². The van der Waals surface area contributed by atoms with Crippen LogP contribution in [0, 0.1) is 5.92 Å². The highest BCUT2D eigenvalue weighted by Crippen LogP contribution is 2.12. The van der Waals surface area contributed by atoms with Crippen molar-refractivity contribution in [3.8, 4) is 0 Å². The Balaban J connectivity index is 2.72. The zero-order valence-electron chi connectivity index (χ0n) is 9.53. The van der Waals surface area contributed by atoms with Crippen molar-refractivity contribution in [3.63, 3.8) is 0 Å². The maximum Gasteiger partial charge on any atom is 0.232 e. The van der Waals surface area contributed by atoms with Crippen LogP contribution in [0.4, 0.5) is 5.69 Å². The summed E-state index contributed by atoms with van der Waals surface area (Å²) in [6, 6.07) is 6.87. The number of hydrogen-bond acceptors (Lipinski definition) is 2. The molecule has 0 unspecified atom stereocenters. The fourth-order valence-corrected chi connectivity index (χ4v) is 2.81. The van der Waals surface area contributed by atoms with Crippen molar-refractivity contribution >= 4 is 15.7 Å². The molecule has 1 rings (SSSR count). The molecule has 0 amide bonds. The smallest absolute Gasteiger partial charge is 0.232 e. The van der Waals surface area contributed by atoms with Crippen molar-refractivity contribution in [1.29, 1.82) is 0 Å². The Morgan fingerprint density at radius 3 is 2.25 bits per heavy atom. The van der Waals surface area contributed by atoms with E-state index in [-0.39, 0.29) is 18.2 Å². The van der Waals surface area contributed by atoms with Gasteiger partial charge in [-0.15, -0.1) is 0 Å². The molecule has 0 aliphatic rings. The largest absolute Gasteiger partial charge is 0.284 e. The van der Waals surface area contributed by atoms with Gasteiger partial charge in [0, 0.05) is 12.2 Å². The van der Waals surface area contributed by atoms with Crippen molar-refractivity contribution in [2.24, 2.45) is 5.92 Å². The van der Waals surface area contributed by atoms with Gasteiger partial charge in [0.2, 0.25) is 10.0 Å². The Bertz CT molecular complexity index is 424. The van der Waals surface area contributed by atoms with Gasteiger partial charge in [0.15, 0.2) is 0 Å². The zero-order valence-corrected chi connectivity index (χ0v) is 10.3. The lowest BCUT2D eigenvalue weighted by atomic mass is 10.2. The van der Waals surface area contributed by atoms with Crippen LogP contribution >= 0.6 is 0 Å². The minimum atomic E-state index is -3.25. The second kappa shape index (κ2) is 5.32. The van der Waals surface area contributed by atoms with Crippen LogP contribution in [-0.4, -0.2) is 14.2 Å². The Morgan fingerprint density at radius 2 is 1.81 bits per heavy atom. The molecule has 0 spiro atoms. The van der Waals surface area contributed by atoms with Gasteiger partial charge in [-0.25, -0.2) is 8.42 Å². The Hall–Kier alpha value is -1.07. The van der Waals surface area contributed by atoms with Crippen LogP contribution in [0.1, 0.15) is 19.4 Å². The van der Waals surface area contributed by atoms with Gasteiger partial charge in [-0.2, -0.15) is 0 Å². The number of benzene rings is 1. The molecule has 0 aliphatic carbocycles. The average Bonchev–Trinajstić information content (AvgIpc) is 2.16. The predicted molar refractivity (Wildman–Crippen MR) is 65.5 cm³/mol. The Labute approximate surface area is 96.9 Å². The standard InChI is InChI=1S/C11H17N2O2S/c1-9(2)8-16(14,15)13-11-5-3-10(7-12)4-6-11/h3-6,9,12-13H,7-8H2,1-2H3. The molecule has 2 N–H and O–H groups in total. The van der Waals surface area contributed by atoms with Crippen molar-refractivity contribution in [2.45, 2.75) is 20.4 Å². The van der Waals surface area contributed by atoms with E-state index in [9.17, 15) is 8.42 Å². The van der Waals surface area contributed by atoms with Gasteiger partial charge >= 0.3 is 0 Å². The van der Waals surface area contributed by atoms with E-state index < -0.39 is 10.0 Å². The van der Waals surface area contributed by atoms with Crippen LogP contribution < -0.4 is 10.5 Å². The van der Waals surface area contributed by atoms with Crippen LogP contribution in [0.25, 0.3) is 0 Å². The molecular weight excluding hydrogens is 224 g/mol. The molecule has 0 fully saturated rings. The van der Waals surface area contributed by atoms with Crippen molar-refractivity contribution < 1.29 is 8.42 Å². The summed E-state index contributed by atoms with van der Waals surface area (Å²) in [5.74, 6) is 0.220. The highest BCUT2D eigenvalue weighted by molar-refractivity contribution is 7.92. The monoisotopic (exact) mass is 241 g/mol. The molecule has 0 saturated heterocycles. The first-order chi connectivity index (χ1) is 7.43. The second-order valence-corrected chi connectivity index (χ2v) is 5.92. The van der Waals surface area contributed by atoms with Crippen LogP contribution in [0.15, 0.2) is 24.3 Å². The van der Waals surface area contributed by atoms with Gasteiger partial charge < -0.3 is 0 Å². The van der Waals surface area contributed by atoms with Crippen LogP contribution in [-0.2, 0) is 16.6 Å². The molecule has 0 aliphatic heterocycles. The molecule has 0 saturated carbocycles. The first kappa shape index (κ1) is 13.0. The van der Waals surface area contributed by atoms with Crippen molar-refractivity contribution in [3.05, 3.63) is 29.8 Å². The number of sulfonamides is 1. The molecule has 0 atom stereocenters. The third-order valence-electron chi connectivity index (χ3n) is 1.98. The second-order valence-electron chi connectivity index (χ2n) is 4.15. The van der Waals surface area contributed by atoms with E-state index in [4.69, 9.17) is 5.73 Å². The van der Waals surface area contributed by atoms with E-state index in [1.807, 2.05) is 13.8 Å². The minimum Gasteiger partial charge on any atom is -0.284 e. The lowest BCUT2D eigenvalue weighted by Gasteiger charge is -2.10. The summed E-state index contributed by atoms with van der Waals surface area (Å²) in [6.45, 7) is 3.93. The van der Waals surface area contributed by atoms with Crippen molar-refractivity contribution in [2.75, 3.05) is 10.5 Å². The minimum absolute atomic E-state index is 0.102. The predicted octanol–water partition coefficient (Wildman–Crippen LogP) is 1.87. The molecule has 89 valence electrons. The summed E-state index contributed by atoms with van der Waals surface area (Å²) in [5, 5.41) is 0. The van der Waals surface area contributed by atoms with E-state index in [0.29, 0.717) is 5.69 Å². The SMILES string of the molecule is CC(C)CS(=O)(=O)Nc1ccc(C[NH])cc1. The summed E-state index contributed by atoms with van der Waals surface area (Å²) in [7, 11) is -3.25. The quantitative estimate of drug-likeness (QED) is 0.854. The summed E-state index contributed by atoms with van der Waals surface area (Å²) in [6.07, 6.45) is 0. The zero-order chi connectivity index (χ0) is 12.2. The van der Waals surface area contributed by atoms with Gasteiger partial charge in [-0.05, 0) is 23.6 Å². The van der Waals surface area contributed by atoms with E-state index in [0.717, 1.165) is 5.56 Å². The number of nitrogens with one attached hydrogen (secondary N) is 2. The van der Waals surface area contributed by atoms with Gasteiger partial charge in [-0.1, -0.05) is 26.0 Å². The topological polar surface area (TPSA) is 70.0 Å². The summed E-state index contributed by atoms with van der Waals surface area (Å²) in [4.78, 5) is 0. The lowest BCUT2D eigenvalue weighted by Crippen LogP contribution is -2.19. The van der Waals surface area contributed by atoms with E-state index in [1.54, 1.807) is 24.3 Å². The highest BCUT2D eigenvalue weighted by Gasteiger charge is 2.12. The van der Waals surface area contributed by atoms with Gasteiger partial charge in [0.05, 0.1) is 5.75 Å². The maximum absolute atomic E-state index is 11.6. The van der Waals surface area contributed by atoms with E-state index >= 15 is 0 Å². The van der Waals surface area contributed by atoms with E-state index in [2.05, 4.69) is 4.72 Å².